The first-order chi connectivity index (χ1) is 12.1. The lowest BCUT2D eigenvalue weighted by Gasteiger charge is -2.17. The van der Waals surface area contributed by atoms with E-state index in [0.29, 0.717) is 11.3 Å². The average Bonchev–Trinajstić information content (AvgIpc) is 3.14. The minimum Gasteiger partial charge on any atom is -0.496 e. The summed E-state index contributed by atoms with van der Waals surface area (Å²) in [5, 5.41) is 9.69. The van der Waals surface area contributed by atoms with E-state index < -0.39 is 5.97 Å². The molecular weight excluding hydrogens is 314 g/mol. The topological polar surface area (TPSA) is 49.8 Å². The van der Waals surface area contributed by atoms with Crippen LogP contribution in [0.3, 0.4) is 0 Å². The van der Waals surface area contributed by atoms with E-state index in [4.69, 9.17) is 4.74 Å². The number of rotatable bonds is 5. The van der Waals surface area contributed by atoms with Gasteiger partial charge in [0.1, 0.15) is 5.75 Å². The summed E-state index contributed by atoms with van der Waals surface area (Å²) in [4.78, 5) is 14.2. The smallest absolute Gasteiger partial charge is 0.336 e. The molecule has 0 saturated carbocycles. The summed E-state index contributed by atoms with van der Waals surface area (Å²) >= 11 is 0. The second kappa shape index (κ2) is 7.43. The van der Waals surface area contributed by atoms with Crippen molar-refractivity contribution in [2.75, 3.05) is 25.1 Å². The summed E-state index contributed by atoms with van der Waals surface area (Å²) in [6.45, 7) is 4.12. The first kappa shape index (κ1) is 17.1. The zero-order valence-electron chi connectivity index (χ0n) is 14.7. The number of ether oxygens (including phenoxy) is 1. The highest BCUT2D eigenvalue weighted by Gasteiger charge is 2.16. The summed E-state index contributed by atoms with van der Waals surface area (Å²) in [7, 11) is 1.55. The van der Waals surface area contributed by atoms with E-state index in [9.17, 15) is 9.90 Å². The lowest BCUT2D eigenvalue weighted by molar-refractivity contribution is -0.130. The van der Waals surface area contributed by atoms with Gasteiger partial charge in [0.2, 0.25) is 0 Å². The van der Waals surface area contributed by atoms with E-state index in [2.05, 4.69) is 17.0 Å². The number of methoxy groups -OCH3 is 1. The minimum atomic E-state index is -0.965. The maximum Gasteiger partial charge on any atom is 0.336 e. The number of anilines is 1. The van der Waals surface area contributed by atoms with E-state index in [0.717, 1.165) is 24.2 Å². The van der Waals surface area contributed by atoms with Gasteiger partial charge < -0.3 is 14.7 Å². The van der Waals surface area contributed by atoms with Crippen LogP contribution in [-0.4, -0.2) is 31.3 Å². The number of carbonyl (C=O) groups is 1. The number of hydrogen-bond donors (Lipinski definition) is 1. The van der Waals surface area contributed by atoms with E-state index in [-0.39, 0.29) is 5.57 Å². The molecule has 1 fully saturated rings. The zero-order chi connectivity index (χ0) is 17.8. The number of aryl methyl sites for hydroxylation is 1. The average molecular weight is 337 g/mol. The number of aliphatic carboxylic acids is 1. The molecule has 1 N–H and O–H groups in total. The quantitative estimate of drug-likeness (QED) is 0.655. The fourth-order valence-electron chi connectivity index (χ4n) is 3.21. The van der Waals surface area contributed by atoms with Crippen LogP contribution in [0.25, 0.3) is 11.6 Å². The maximum absolute atomic E-state index is 11.8. The van der Waals surface area contributed by atoms with Gasteiger partial charge in [0, 0.05) is 24.3 Å². The number of benzene rings is 2. The highest BCUT2D eigenvalue weighted by atomic mass is 16.5. The molecule has 2 aromatic rings. The van der Waals surface area contributed by atoms with Crippen LogP contribution in [0.15, 0.2) is 42.5 Å². The Kier molecular flexibility index (Phi) is 5.08. The van der Waals surface area contributed by atoms with Crippen molar-refractivity contribution in [1.82, 2.24) is 0 Å². The highest BCUT2D eigenvalue weighted by molar-refractivity contribution is 6.21. The molecule has 1 aliphatic rings. The van der Waals surface area contributed by atoms with Crippen molar-refractivity contribution >= 4 is 23.3 Å². The fourth-order valence-corrected chi connectivity index (χ4v) is 3.21. The van der Waals surface area contributed by atoms with Crippen LogP contribution in [-0.2, 0) is 4.79 Å². The van der Waals surface area contributed by atoms with Crippen molar-refractivity contribution in [2.45, 2.75) is 19.8 Å². The third kappa shape index (κ3) is 3.85. The van der Waals surface area contributed by atoms with Crippen molar-refractivity contribution < 1.29 is 14.6 Å². The Morgan fingerprint density at radius 2 is 1.80 bits per heavy atom. The normalized spacial score (nSPS) is 14.6. The number of nitrogens with zero attached hydrogens (tertiary/aromatic N) is 1. The van der Waals surface area contributed by atoms with Gasteiger partial charge in [-0.3, -0.25) is 0 Å². The Labute approximate surface area is 148 Å². The fraction of sp³-hybridized carbons (Fsp3) is 0.286. The SMILES string of the molecule is COc1ccc(C)cc1/C(=C/c1ccc(N2CCCC2)cc1)C(=O)O. The lowest BCUT2D eigenvalue weighted by Crippen LogP contribution is -2.17. The zero-order valence-corrected chi connectivity index (χ0v) is 14.7. The molecule has 1 saturated heterocycles. The first-order valence-electron chi connectivity index (χ1n) is 8.53. The third-order valence-electron chi connectivity index (χ3n) is 4.55. The van der Waals surface area contributed by atoms with Crippen molar-refractivity contribution in [1.29, 1.82) is 0 Å². The van der Waals surface area contributed by atoms with Crippen LogP contribution < -0.4 is 9.64 Å². The molecule has 0 spiro atoms. The van der Waals surface area contributed by atoms with Gasteiger partial charge in [0.05, 0.1) is 12.7 Å². The van der Waals surface area contributed by atoms with E-state index in [1.807, 2.05) is 31.2 Å². The van der Waals surface area contributed by atoms with Crippen molar-refractivity contribution in [3.63, 3.8) is 0 Å². The highest BCUT2D eigenvalue weighted by Crippen LogP contribution is 2.29. The van der Waals surface area contributed by atoms with E-state index in [1.54, 1.807) is 19.3 Å². The Morgan fingerprint density at radius 1 is 1.12 bits per heavy atom. The molecule has 4 heteroatoms. The molecule has 0 bridgehead atoms. The Hall–Kier alpha value is -2.75. The second-order valence-electron chi connectivity index (χ2n) is 6.35. The van der Waals surface area contributed by atoms with Crippen molar-refractivity contribution in [3.05, 3.63) is 59.2 Å². The Bertz CT molecular complexity index is 787. The largest absolute Gasteiger partial charge is 0.496 e. The standard InChI is InChI=1S/C21H23NO3/c1-15-5-10-20(25-2)18(13-15)19(21(23)24)14-16-6-8-17(9-7-16)22-11-3-4-12-22/h5-10,13-14H,3-4,11-12H2,1-2H3,(H,23,24)/b19-14-. The van der Waals surface area contributed by atoms with Gasteiger partial charge >= 0.3 is 5.97 Å². The van der Waals surface area contributed by atoms with Crippen LogP contribution in [0.4, 0.5) is 5.69 Å². The molecule has 0 aromatic heterocycles. The minimum absolute atomic E-state index is 0.231. The van der Waals surface area contributed by atoms with Gasteiger partial charge in [0.25, 0.3) is 0 Å². The lowest BCUT2D eigenvalue weighted by atomic mass is 9.99. The van der Waals surface area contributed by atoms with Gasteiger partial charge in [-0.1, -0.05) is 23.8 Å². The van der Waals surface area contributed by atoms with E-state index >= 15 is 0 Å². The predicted octanol–water partition coefficient (Wildman–Crippen LogP) is 4.23. The van der Waals surface area contributed by atoms with Gasteiger partial charge in [-0.25, -0.2) is 4.79 Å². The van der Waals surface area contributed by atoms with Crippen LogP contribution in [0.1, 0.15) is 29.5 Å². The summed E-state index contributed by atoms with van der Waals surface area (Å²) < 4.78 is 5.34. The first-order valence-corrected chi connectivity index (χ1v) is 8.53. The molecule has 4 nitrogen and oxygen atoms in total. The Balaban J connectivity index is 1.95. The number of carboxylic acids is 1. The van der Waals surface area contributed by atoms with Gasteiger partial charge in [-0.05, 0) is 55.7 Å². The van der Waals surface area contributed by atoms with E-state index in [1.165, 1.54) is 18.5 Å². The molecule has 3 rings (SSSR count). The summed E-state index contributed by atoms with van der Waals surface area (Å²) in [6.07, 6.45) is 4.17. The molecule has 1 heterocycles. The number of carboxylic acid groups (broad SMARTS) is 1. The predicted molar refractivity (Wildman–Crippen MR) is 101 cm³/mol. The van der Waals surface area contributed by atoms with Crippen LogP contribution >= 0.6 is 0 Å². The van der Waals surface area contributed by atoms with Crippen LogP contribution in [0, 0.1) is 6.92 Å². The van der Waals surface area contributed by atoms with Crippen LogP contribution in [0.5, 0.6) is 5.75 Å². The molecular formula is C21H23NO3. The van der Waals surface area contributed by atoms with Gasteiger partial charge in [0.15, 0.2) is 0 Å². The Morgan fingerprint density at radius 3 is 2.40 bits per heavy atom. The molecule has 1 aliphatic heterocycles. The van der Waals surface area contributed by atoms with Crippen LogP contribution in [0.2, 0.25) is 0 Å². The monoisotopic (exact) mass is 337 g/mol. The number of hydrogen-bond acceptors (Lipinski definition) is 3. The maximum atomic E-state index is 11.8. The molecule has 2 aromatic carbocycles. The molecule has 130 valence electrons. The molecule has 0 radical (unpaired) electrons. The van der Waals surface area contributed by atoms with Gasteiger partial charge in [-0.2, -0.15) is 0 Å². The summed E-state index contributed by atoms with van der Waals surface area (Å²) in [5.41, 5.74) is 3.88. The molecule has 0 aliphatic carbocycles. The summed E-state index contributed by atoms with van der Waals surface area (Å²) in [6, 6.07) is 13.6. The molecule has 25 heavy (non-hydrogen) atoms. The summed E-state index contributed by atoms with van der Waals surface area (Å²) in [5.74, 6) is -0.402. The van der Waals surface area contributed by atoms with Crippen molar-refractivity contribution in [3.8, 4) is 5.75 Å². The molecule has 0 atom stereocenters. The van der Waals surface area contributed by atoms with Crippen molar-refractivity contribution in [2.24, 2.45) is 0 Å². The van der Waals surface area contributed by atoms with Gasteiger partial charge in [-0.15, -0.1) is 0 Å². The molecule has 0 unspecified atom stereocenters. The molecule has 0 amide bonds. The third-order valence-corrected chi connectivity index (χ3v) is 4.55. The second-order valence-corrected chi connectivity index (χ2v) is 6.35.